The van der Waals surface area contributed by atoms with Gasteiger partial charge in [0.25, 0.3) is 0 Å². The molecule has 0 aromatic heterocycles. The van der Waals surface area contributed by atoms with Crippen LogP contribution in [-0.2, 0) is 9.59 Å². The van der Waals surface area contributed by atoms with Crippen LogP contribution in [-0.4, -0.2) is 34.5 Å². The minimum Gasteiger partial charge on any atom is -0.480 e. The average molecular weight is 328 g/mol. The maximum Gasteiger partial charge on any atom is 0.326 e. The maximum absolute atomic E-state index is 12.5. The second-order valence-electron chi connectivity index (χ2n) is 5.62. The Morgan fingerprint density at radius 1 is 1.29 bits per heavy atom. The number of aliphatic carboxylic acids is 1. The standard InChI is InChI=1S/C15H15Cl2NO3/c16-11-4-1-3-8(13(11)17)9-7-10(9)14(19)18-6-2-5-12(18)15(20)21/h1,3-4,9-10,12H,2,5-7H2,(H,20,21)/t9?,10?,12-/m0/s1. The first kappa shape index (κ1) is 14.7. The second kappa shape index (κ2) is 5.50. The van der Waals surface area contributed by atoms with E-state index in [0.29, 0.717) is 29.4 Å². The zero-order valence-corrected chi connectivity index (χ0v) is 12.8. The van der Waals surface area contributed by atoms with Gasteiger partial charge in [-0.1, -0.05) is 35.3 Å². The molecule has 112 valence electrons. The molecule has 1 heterocycles. The van der Waals surface area contributed by atoms with Crippen molar-refractivity contribution in [1.82, 2.24) is 4.90 Å². The van der Waals surface area contributed by atoms with Crippen LogP contribution in [0.3, 0.4) is 0 Å². The number of carbonyl (C=O) groups excluding carboxylic acids is 1. The number of amides is 1. The molecule has 2 fully saturated rings. The largest absolute Gasteiger partial charge is 0.480 e. The highest BCUT2D eigenvalue weighted by atomic mass is 35.5. The summed E-state index contributed by atoms with van der Waals surface area (Å²) in [7, 11) is 0. The molecule has 1 aliphatic heterocycles. The Bertz CT molecular complexity index is 605. The summed E-state index contributed by atoms with van der Waals surface area (Å²) in [5.74, 6) is -1.10. The average Bonchev–Trinajstić information content (AvgIpc) is 3.07. The molecule has 1 amide bonds. The van der Waals surface area contributed by atoms with Gasteiger partial charge in [-0.25, -0.2) is 4.79 Å². The van der Waals surface area contributed by atoms with Crippen molar-refractivity contribution in [2.24, 2.45) is 5.92 Å². The fourth-order valence-corrected chi connectivity index (χ4v) is 3.57. The van der Waals surface area contributed by atoms with E-state index in [-0.39, 0.29) is 17.7 Å². The molecule has 1 saturated carbocycles. The summed E-state index contributed by atoms with van der Waals surface area (Å²) in [5, 5.41) is 10.1. The number of hydrogen-bond acceptors (Lipinski definition) is 2. The lowest BCUT2D eigenvalue weighted by molar-refractivity contribution is -0.148. The number of likely N-dealkylation sites (tertiary alicyclic amines) is 1. The summed E-state index contributed by atoms with van der Waals surface area (Å²) in [6.07, 6.45) is 2.00. The van der Waals surface area contributed by atoms with Crippen molar-refractivity contribution in [3.05, 3.63) is 33.8 Å². The van der Waals surface area contributed by atoms with E-state index in [1.54, 1.807) is 6.07 Å². The molecule has 2 aliphatic rings. The Morgan fingerprint density at radius 3 is 2.76 bits per heavy atom. The molecule has 3 rings (SSSR count). The molecule has 6 heteroatoms. The van der Waals surface area contributed by atoms with Crippen LogP contribution in [0.2, 0.25) is 10.0 Å². The normalized spacial score (nSPS) is 27.7. The highest BCUT2D eigenvalue weighted by Crippen LogP contribution is 2.51. The number of carboxylic acid groups (broad SMARTS) is 1. The summed E-state index contributed by atoms with van der Waals surface area (Å²) >= 11 is 12.2. The Morgan fingerprint density at radius 2 is 2.05 bits per heavy atom. The topological polar surface area (TPSA) is 57.6 Å². The van der Waals surface area contributed by atoms with E-state index in [9.17, 15) is 9.59 Å². The molecular weight excluding hydrogens is 313 g/mol. The minimum absolute atomic E-state index is 0.0544. The highest BCUT2D eigenvalue weighted by molar-refractivity contribution is 6.42. The van der Waals surface area contributed by atoms with Gasteiger partial charge in [0.1, 0.15) is 6.04 Å². The molecule has 1 N–H and O–H groups in total. The third kappa shape index (κ3) is 2.62. The van der Waals surface area contributed by atoms with Crippen molar-refractivity contribution in [1.29, 1.82) is 0 Å². The Balaban J connectivity index is 1.74. The van der Waals surface area contributed by atoms with E-state index in [0.717, 1.165) is 12.0 Å². The zero-order valence-electron chi connectivity index (χ0n) is 11.3. The van der Waals surface area contributed by atoms with Crippen molar-refractivity contribution in [2.45, 2.75) is 31.2 Å². The molecule has 0 radical (unpaired) electrons. The Hall–Kier alpha value is -1.26. The molecule has 0 spiro atoms. The van der Waals surface area contributed by atoms with Gasteiger partial charge in [0.2, 0.25) is 5.91 Å². The minimum atomic E-state index is -0.918. The number of benzene rings is 1. The number of carboxylic acids is 1. The lowest BCUT2D eigenvalue weighted by Crippen LogP contribution is -2.41. The van der Waals surface area contributed by atoms with Gasteiger partial charge in [0.05, 0.1) is 10.0 Å². The van der Waals surface area contributed by atoms with E-state index in [1.165, 1.54) is 4.90 Å². The van der Waals surface area contributed by atoms with Crippen LogP contribution in [0.1, 0.15) is 30.7 Å². The van der Waals surface area contributed by atoms with Gasteiger partial charge in [-0.15, -0.1) is 0 Å². The third-order valence-corrected chi connectivity index (χ3v) is 5.14. The van der Waals surface area contributed by atoms with E-state index in [4.69, 9.17) is 28.3 Å². The van der Waals surface area contributed by atoms with Crippen LogP contribution in [0.15, 0.2) is 18.2 Å². The Kier molecular flexibility index (Phi) is 3.84. The molecule has 1 aromatic carbocycles. The van der Waals surface area contributed by atoms with Crippen LogP contribution in [0.5, 0.6) is 0 Å². The lowest BCUT2D eigenvalue weighted by Gasteiger charge is -2.21. The molecule has 1 saturated heterocycles. The monoisotopic (exact) mass is 327 g/mol. The predicted molar refractivity (Wildman–Crippen MR) is 79.7 cm³/mol. The van der Waals surface area contributed by atoms with E-state index in [1.807, 2.05) is 12.1 Å². The van der Waals surface area contributed by atoms with Crippen LogP contribution >= 0.6 is 23.2 Å². The van der Waals surface area contributed by atoms with Crippen molar-refractivity contribution in [2.75, 3.05) is 6.54 Å². The summed E-state index contributed by atoms with van der Waals surface area (Å²) < 4.78 is 0. The van der Waals surface area contributed by atoms with Crippen molar-refractivity contribution >= 4 is 35.1 Å². The quantitative estimate of drug-likeness (QED) is 0.927. The van der Waals surface area contributed by atoms with E-state index < -0.39 is 12.0 Å². The number of nitrogens with zero attached hydrogens (tertiary/aromatic N) is 1. The van der Waals surface area contributed by atoms with Crippen molar-refractivity contribution < 1.29 is 14.7 Å². The van der Waals surface area contributed by atoms with E-state index >= 15 is 0 Å². The summed E-state index contributed by atoms with van der Waals surface area (Å²) in [4.78, 5) is 25.2. The van der Waals surface area contributed by atoms with Crippen LogP contribution in [0.25, 0.3) is 0 Å². The van der Waals surface area contributed by atoms with Gasteiger partial charge in [0.15, 0.2) is 0 Å². The van der Waals surface area contributed by atoms with Crippen LogP contribution in [0, 0.1) is 5.92 Å². The van der Waals surface area contributed by atoms with Gasteiger partial charge in [-0.05, 0) is 36.8 Å². The van der Waals surface area contributed by atoms with Gasteiger partial charge in [0, 0.05) is 12.5 Å². The molecule has 0 bridgehead atoms. The fourth-order valence-electron chi connectivity index (χ4n) is 3.12. The molecule has 1 aromatic rings. The number of rotatable bonds is 3. The maximum atomic E-state index is 12.5. The zero-order chi connectivity index (χ0) is 15.1. The summed E-state index contributed by atoms with van der Waals surface area (Å²) in [6.45, 7) is 0.530. The molecule has 21 heavy (non-hydrogen) atoms. The first-order valence-electron chi connectivity index (χ1n) is 6.98. The van der Waals surface area contributed by atoms with Gasteiger partial charge >= 0.3 is 5.97 Å². The van der Waals surface area contributed by atoms with Crippen LogP contribution in [0.4, 0.5) is 0 Å². The first-order valence-corrected chi connectivity index (χ1v) is 7.73. The van der Waals surface area contributed by atoms with Crippen molar-refractivity contribution in [3.8, 4) is 0 Å². The molecular formula is C15H15Cl2NO3. The number of halogens is 2. The summed E-state index contributed by atoms with van der Waals surface area (Å²) in [6, 6.07) is 4.74. The Labute approximate surface area is 132 Å². The second-order valence-corrected chi connectivity index (χ2v) is 6.40. The van der Waals surface area contributed by atoms with Gasteiger partial charge in [-0.3, -0.25) is 4.79 Å². The van der Waals surface area contributed by atoms with Crippen molar-refractivity contribution in [3.63, 3.8) is 0 Å². The van der Waals surface area contributed by atoms with Gasteiger partial charge in [-0.2, -0.15) is 0 Å². The lowest BCUT2D eigenvalue weighted by atomic mass is 10.1. The van der Waals surface area contributed by atoms with Gasteiger partial charge < -0.3 is 10.0 Å². The summed E-state index contributed by atoms with van der Waals surface area (Å²) in [5.41, 5.74) is 0.883. The predicted octanol–water partition coefficient (Wildman–Crippen LogP) is 3.17. The number of carbonyl (C=O) groups is 2. The molecule has 1 aliphatic carbocycles. The molecule has 3 atom stereocenters. The fraction of sp³-hybridized carbons (Fsp3) is 0.467. The smallest absolute Gasteiger partial charge is 0.326 e. The van der Waals surface area contributed by atoms with Crippen LogP contribution < -0.4 is 0 Å². The molecule has 2 unspecified atom stereocenters. The molecule has 4 nitrogen and oxygen atoms in total. The highest BCUT2D eigenvalue weighted by Gasteiger charge is 2.49. The third-order valence-electron chi connectivity index (χ3n) is 4.31. The van der Waals surface area contributed by atoms with E-state index in [2.05, 4.69) is 0 Å². The SMILES string of the molecule is O=C(O)[C@@H]1CCCN1C(=O)C1CC1c1cccc(Cl)c1Cl. The first-order chi connectivity index (χ1) is 10.0. The number of hydrogen-bond donors (Lipinski definition) is 1.